The van der Waals surface area contributed by atoms with E-state index in [1.54, 1.807) is 11.3 Å². The second kappa shape index (κ2) is 4.96. The van der Waals surface area contributed by atoms with Gasteiger partial charge in [-0.1, -0.05) is 23.2 Å². The third-order valence-electron chi connectivity index (χ3n) is 2.28. The van der Waals surface area contributed by atoms with Gasteiger partial charge in [-0.2, -0.15) is 0 Å². The molecule has 1 nitrogen and oxygen atoms in total. The predicted molar refractivity (Wildman–Crippen MR) is 77.1 cm³/mol. The van der Waals surface area contributed by atoms with E-state index >= 15 is 0 Å². The average Bonchev–Trinajstić information content (AvgIpc) is 2.68. The van der Waals surface area contributed by atoms with E-state index < -0.39 is 0 Å². The first-order chi connectivity index (χ1) is 7.49. The Bertz CT molecular complexity index is 475. The second-order valence-electron chi connectivity index (χ2n) is 3.32. The molecule has 6 heteroatoms. The van der Waals surface area contributed by atoms with Gasteiger partial charge in [0.15, 0.2) is 0 Å². The van der Waals surface area contributed by atoms with Crippen LogP contribution < -0.4 is 5.73 Å². The molecular formula is C10H8BrCl2NS2. The summed E-state index contributed by atoms with van der Waals surface area (Å²) < 4.78 is 2.41. The van der Waals surface area contributed by atoms with E-state index in [2.05, 4.69) is 15.9 Å². The van der Waals surface area contributed by atoms with Gasteiger partial charge in [0.2, 0.25) is 0 Å². The standard InChI is InChI=1S/C10H8BrCl2NS2/c1-4-5(2-7(11)15-4)9(14)6-3-8(12)16-10(6)13/h2-3,9H,14H2,1H3. The maximum atomic E-state index is 6.19. The molecule has 2 rings (SSSR count). The lowest BCUT2D eigenvalue weighted by molar-refractivity contribution is 0.874. The van der Waals surface area contributed by atoms with Gasteiger partial charge in [-0.25, -0.2) is 0 Å². The fourth-order valence-electron chi connectivity index (χ4n) is 1.50. The Hall–Kier alpha value is 0.420. The van der Waals surface area contributed by atoms with Crippen LogP contribution in [0.5, 0.6) is 0 Å². The number of halogens is 3. The molecule has 0 bridgehead atoms. The molecule has 2 aromatic rings. The van der Waals surface area contributed by atoms with Gasteiger partial charge in [0.05, 0.1) is 18.5 Å². The number of rotatable bonds is 2. The fraction of sp³-hybridized carbons (Fsp3) is 0.200. The first-order valence-corrected chi connectivity index (χ1v) is 7.63. The first kappa shape index (κ1) is 12.9. The van der Waals surface area contributed by atoms with E-state index in [0.29, 0.717) is 8.67 Å². The van der Waals surface area contributed by atoms with E-state index in [9.17, 15) is 0 Å². The molecule has 0 amide bonds. The van der Waals surface area contributed by atoms with Crippen molar-refractivity contribution < 1.29 is 0 Å². The van der Waals surface area contributed by atoms with Crippen molar-refractivity contribution in [3.05, 3.63) is 40.6 Å². The topological polar surface area (TPSA) is 26.0 Å². The van der Waals surface area contributed by atoms with Crippen molar-refractivity contribution in [3.63, 3.8) is 0 Å². The third kappa shape index (κ3) is 2.47. The summed E-state index contributed by atoms with van der Waals surface area (Å²) in [6.45, 7) is 2.05. The molecule has 0 radical (unpaired) electrons. The van der Waals surface area contributed by atoms with Crippen molar-refractivity contribution >= 4 is 61.8 Å². The van der Waals surface area contributed by atoms with Crippen LogP contribution in [-0.4, -0.2) is 0 Å². The van der Waals surface area contributed by atoms with Crippen LogP contribution >= 0.6 is 61.8 Å². The Morgan fingerprint density at radius 2 is 1.94 bits per heavy atom. The fourth-order valence-corrected chi connectivity index (χ4v) is 4.81. The molecule has 0 saturated carbocycles. The maximum absolute atomic E-state index is 6.19. The van der Waals surface area contributed by atoms with Crippen molar-refractivity contribution in [2.75, 3.05) is 0 Å². The highest BCUT2D eigenvalue weighted by Crippen LogP contribution is 2.39. The summed E-state index contributed by atoms with van der Waals surface area (Å²) in [5.74, 6) is 0. The van der Waals surface area contributed by atoms with Gasteiger partial charge in [0.1, 0.15) is 0 Å². The predicted octanol–water partition coefficient (Wildman–Crippen LogP) is 5.24. The molecule has 1 unspecified atom stereocenters. The van der Waals surface area contributed by atoms with Crippen LogP contribution in [0.3, 0.4) is 0 Å². The van der Waals surface area contributed by atoms with Gasteiger partial charge in [0, 0.05) is 10.4 Å². The lowest BCUT2D eigenvalue weighted by Gasteiger charge is -2.10. The van der Waals surface area contributed by atoms with Gasteiger partial charge >= 0.3 is 0 Å². The Labute approximate surface area is 120 Å². The molecule has 0 saturated heterocycles. The molecule has 2 N–H and O–H groups in total. The third-order valence-corrected chi connectivity index (χ3v) is 5.37. The molecule has 0 spiro atoms. The Balaban J connectivity index is 2.42. The minimum Gasteiger partial charge on any atom is -0.320 e. The highest BCUT2D eigenvalue weighted by Gasteiger charge is 2.18. The average molecular weight is 357 g/mol. The zero-order valence-corrected chi connectivity index (χ0v) is 13.0. The maximum Gasteiger partial charge on any atom is 0.0995 e. The molecule has 16 heavy (non-hydrogen) atoms. The Kier molecular flexibility index (Phi) is 3.99. The van der Waals surface area contributed by atoms with Crippen LogP contribution in [0, 0.1) is 6.92 Å². The summed E-state index contributed by atoms with van der Waals surface area (Å²) in [5, 5.41) is 0. The normalized spacial score (nSPS) is 13.1. The van der Waals surface area contributed by atoms with Crippen molar-refractivity contribution in [1.82, 2.24) is 0 Å². The number of thiophene rings is 2. The van der Waals surface area contributed by atoms with Crippen LogP contribution in [0.25, 0.3) is 0 Å². The summed E-state index contributed by atoms with van der Waals surface area (Å²) in [7, 11) is 0. The van der Waals surface area contributed by atoms with Crippen LogP contribution in [-0.2, 0) is 0 Å². The lowest BCUT2D eigenvalue weighted by atomic mass is 10.0. The van der Waals surface area contributed by atoms with Gasteiger partial charge < -0.3 is 5.73 Å². The smallest absolute Gasteiger partial charge is 0.0995 e. The van der Waals surface area contributed by atoms with E-state index in [1.807, 2.05) is 19.1 Å². The van der Waals surface area contributed by atoms with Crippen molar-refractivity contribution in [2.24, 2.45) is 5.73 Å². The summed E-state index contributed by atoms with van der Waals surface area (Å²) in [5.41, 5.74) is 8.18. The first-order valence-electron chi connectivity index (χ1n) is 4.45. The zero-order valence-electron chi connectivity index (χ0n) is 8.26. The van der Waals surface area contributed by atoms with Gasteiger partial charge in [-0.3, -0.25) is 0 Å². The van der Waals surface area contributed by atoms with Crippen molar-refractivity contribution in [2.45, 2.75) is 13.0 Å². The van der Waals surface area contributed by atoms with Gasteiger partial charge in [-0.05, 0) is 40.5 Å². The number of hydrogen-bond acceptors (Lipinski definition) is 3. The van der Waals surface area contributed by atoms with E-state index in [1.165, 1.54) is 16.2 Å². The van der Waals surface area contributed by atoms with Crippen LogP contribution in [0.4, 0.5) is 0 Å². The second-order valence-corrected chi connectivity index (χ2v) is 8.24. The van der Waals surface area contributed by atoms with E-state index in [4.69, 9.17) is 28.9 Å². The minimum atomic E-state index is -0.209. The molecule has 2 heterocycles. The van der Waals surface area contributed by atoms with E-state index in [0.717, 1.165) is 14.9 Å². The van der Waals surface area contributed by atoms with Crippen molar-refractivity contribution in [3.8, 4) is 0 Å². The molecule has 86 valence electrons. The van der Waals surface area contributed by atoms with Crippen LogP contribution in [0.1, 0.15) is 22.0 Å². The minimum absolute atomic E-state index is 0.209. The molecule has 0 aliphatic carbocycles. The summed E-state index contributed by atoms with van der Waals surface area (Å²) in [6.07, 6.45) is 0. The number of hydrogen-bond donors (Lipinski definition) is 1. The Morgan fingerprint density at radius 3 is 2.38 bits per heavy atom. The van der Waals surface area contributed by atoms with Crippen LogP contribution in [0.15, 0.2) is 15.9 Å². The summed E-state index contributed by atoms with van der Waals surface area (Å²) >= 11 is 18.5. The highest BCUT2D eigenvalue weighted by atomic mass is 79.9. The summed E-state index contributed by atoms with van der Waals surface area (Å²) in [6, 6.07) is 3.66. The van der Waals surface area contributed by atoms with Gasteiger partial charge in [-0.15, -0.1) is 22.7 Å². The molecule has 0 aromatic carbocycles. The van der Waals surface area contributed by atoms with E-state index in [-0.39, 0.29) is 6.04 Å². The zero-order chi connectivity index (χ0) is 11.9. The Morgan fingerprint density at radius 1 is 1.25 bits per heavy atom. The quantitative estimate of drug-likeness (QED) is 0.782. The summed E-state index contributed by atoms with van der Waals surface area (Å²) in [4.78, 5) is 1.19. The molecular weight excluding hydrogens is 349 g/mol. The molecule has 0 aliphatic heterocycles. The number of nitrogens with two attached hydrogens (primary N) is 1. The molecule has 0 aliphatic rings. The number of aryl methyl sites for hydroxylation is 1. The van der Waals surface area contributed by atoms with Crippen LogP contribution in [0.2, 0.25) is 8.67 Å². The molecule has 0 fully saturated rings. The monoisotopic (exact) mass is 355 g/mol. The SMILES string of the molecule is Cc1sc(Br)cc1C(N)c1cc(Cl)sc1Cl. The highest BCUT2D eigenvalue weighted by molar-refractivity contribution is 9.11. The lowest BCUT2D eigenvalue weighted by Crippen LogP contribution is -2.11. The molecule has 2 aromatic heterocycles. The molecule has 1 atom stereocenters. The largest absolute Gasteiger partial charge is 0.320 e. The van der Waals surface area contributed by atoms with Gasteiger partial charge in [0.25, 0.3) is 0 Å². The van der Waals surface area contributed by atoms with Crippen molar-refractivity contribution in [1.29, 1.82) is 0 Å².